The van der Waals surface area contributed by atoms with Gasteiger partial charge in [-0.05, 0) is 23.3 Å². The number of halogens is 1. The average Bonchev–Trinajstić information content (AvgIpc) is 3.00. The minimum atomic E-state index is -0.0212. The number of methoxy groups -OCH3 is 1. The highest BCUT2D eigenvalue weighted by molar-refractivity contribution is 6.32. The number of benzene rings is 2. The number of carbonyl (C=O) groups is 1. The predicted octanol–water partition coefficient (Wildman–Crippen LogP) is 3.52. The van der Waals surface area contributed by atoms with Gasteiger partial charge in [0.1, 0.15) is 5.75 Å². The summed E-state index contributed by atoms with van der Waals surface area (Å²) in [4.78, 5) is 14.8. The van der Waals surface area contributed by atoms with Gasteiger partial charge in [-0.25, -0.2) is 0 Å². The second-order valence-electron chi connectivity index (χ2n) is 6.46. The highest BCUT2D eigenvalue weighted by Gasteiger charge is 2.42. The van der Waals surface area contributed by atoms with Crippen LogP contribution < -0.4 is 10.1 Å². The summed E-state index contributed by atoms with van der Waals surface area (Å²) in [5.41, 5.74) is 3.20. The fraction of sp³-hybridized carbons (Fsp3) is 0.316. The van der Waals surface area contributed by atoms with Crippen LogP contribution in [0.5, 0.6) is 5.75 Å². The molecule has 1 amide bonds. The van der Waals surface area contributed by atoms with Crippen LogP contribution in [0.25, 0.3) is 0 Å². The van der Waals surface area contributed by atoms with Crippen molar-refractivity contribution >= 4 is 23.2 Å². The van der Waals surface area contributed by atoms with Crippen LogP contribution in [0.2, 0.25) is 5.02 Å². The van der Waals surface area contributed by atoms with Gasteiger partial charge in [0.05, 0.1) is 18.1 Å². The molecule has 1 N–H and O–H groups in total. The van der Waals surface area contributed by atoms with Gasteiger partial charge in [-0.3, -0.25) is 9.69 Å². The Hall–Kier alpha value is -2.04. The van der Waals surface area contributed by atoms with E-state index >= 15 is 0 Å². The lowest BCUT2D eigenvalue weighted by Gasteiger charge is -2.28. The molecule has 124 valence electrons. The molecule has 1 fully saturated rings. The summed E-state index contributed by atoms with van der Waals surface area (Å²) >= 11 is 6.20. The minimum Gasteiger partial charge on any atom is -0.495 e. The van der Waals surface area contributed by atoms with Crippen LogP contribution in [0, 0.1) is 5.92 Å². The zero-order valence-corrected chi connectivity index (χ0v) is 14.2. The zero-order valence-electron chi connectivity index (χ0n) is 13.5. The number of hydrogen-bond acceptors (Lipinski definition) is 3. The Morgan fingerprint density at radius 2 is 1.96 bits per heavy atom. The number of amides is 1. The lowest BCUT2D eigenvalue weighted by atomic mass is 9.84. The third-order valence-corrected chi connectivity index (χ3v) is 5.26. The van der Waals surface area contributed by atoms with Gasteiger partial charge in [0, 0.05) is 31.2 Å². The van der Waals surface area contributed by atoms with Gasteiger partial charge in [0.25, 0.3) is 0 Å². The molecule has 1 saturated heterocycles. The first-order valence-corrected chi connectivity index (χ1v) is 8.48. The molecule has 2 aromatic carbocycles. The SMILES string of the molecule is COc1cc2c(cc1Cl)NC(=O)C1CN(Cc3ccccc3)CC21. The molecule has 2 aliphatic heterocycles. The lowest BCUT2D eigenvalue weighted by Crippen LogP contribution is -2.33. The van der Waals surface area contributed by atoms with Crippen LogP contribution in [0.3, 0.4) is 0 Å². The zero-order chi connectivity index (χ0) is 16.7. The van der Waals surface area contributed by atoms with Crippen molar-refractivity contribution < 1.29 is 9.53 Å². The average molecular weight is 343 g/mol. The van der Waals surface area contributed by atoms with Gasteiger partial charge in [-0.15, -0.1) is 0 Å². The molecule has 24 heavy (non-hydrogen) atoms. The molecular weight excluding hydrogens is 324 g/mol. The van der Waals surface area contributed by atoms with E-state index in [0.29, 0.717) is 10.8 Å². The highest BCUT2D eigenvalue weighted by Crippen LogP contribution is 2.44. The molecule has 0 bridgehead atoms. The standard InChI is InChI=1S/C19H19ClN2O2/c1-24-18-7-13-14-10-22(9-12-5-3-2-4-6-12)11-15(14)19(23)21-17(13)8-16(18)20/h2-8,14-15H,9-11H2,1H3,(H,21,23). The van der Waals surface area contributed by atoms with Crippen LogP contribution in [0.1, 0.15) is 17.0 Å². The number of fused-ring (bicyclic) bond motifs is 3. The van der Waals surface area contributed by atoms with Crippen LogP contribution in [-0.4, -0.2) is 31.0 Å². The highest BCUT2D eigenvalue weighted by atomic mass is 35.5. The Bertz CT molecular complexity index is 778. The Morgan fingerprint density at radius 3 is 2.71 bits per heavy atom. The summed E-state index contributed by atoms with van der Waals surface area (Å²) in [5.74, 6) is 0.909. The van der Waals surface area contributed by atoms with Gasteiger partial charge >= 0.3 is 0 Å². The molecule has 2 unspecified atom stereocenters. The van der Waals surface area contributed by atoms with Crippen LogP contribution >= 0.6 is 11.6 Å². The van der Waals surface area contributed by atoms with E-state index in [2.05, 4.69) is 22.3 Å². The number of nitrogens with one attached hydrogen (secondary N) is 1. The first-order chi connectivity index (χ1) is 11.7. The van der Waals surface area contributed by atoms with E-state index in [1.54, 1.807) is 13.2 Å². The van der Waals surface area contributed by atoms with Gasteiger partial charge in [0.15, 0.2) is 0 Å². The van der Waals surface area contributed by atoms with E-state index in [1.807, 2.05) is 24.3 Å². The maximum Gasteiger partial charge on any atom is 0.229 e. The number of carbonyl (C=O) groups excluding carboxylic acids is 1. The molecule has 0 aliphatic carbocycles. The number of ether oxygens (including phenoxy) is 1. The third-order valence-electron chi connectivity index (χ3n) is 4.96. The van der Waals surface area contributed by atoms with Crippen molar-refractivity contribution in [3.8, 4) is 5.75 Å². The molecule has 4 nitrogen and oxygen atoms in total. The fourth-order valence-electron chi connectivity index (χ4n) is 3.80. The molecule has 2 aliphatic rings. The molecule has 0 radical (unpaired) electrons. The lowest BCUT2D eigenvalue weighted by molar-refractivity contribution is -0.120. The quantitative estimate of drug-likeness (QED) is 0.928. The van der Waals surface area contributed by atoms with Crippen LogP contribution in [-0.2, 0) is 11.3 Å². The van der Waals surface area contributed by atoms with Crippen LogP contribution in [0.15, 0.2) is 42.5 Å². The number of hydrogen-bond donors (Lipinski definition) is 1. The smallest absolute Gasteiger partial charge is 0.229 e. The predicted molar refractivity (Wildman–Crippen MR) is 94.6 cm³/mol. The maximum atomic E-state index is 12.5. The monoisotopic (exact) mass is 342 g/mol. The molecule has 0 saturated carbocycles. The number of anilines is 1. The summed E-state index contributed by atoms with van der Waals surface area (Å²) in [5, 5.41) is 3.52. The van der Waals surface area contributed by atoms with Crippen molar-refractivity contribution in [2.45, 2.75) is 12.5 Å². The van der Waals surface area contributed by atoms with E-state index in [4.69, 9.17) is 16.3 Å². The Labute approximate surface area is 146 Å². The number of nitrogens with zero attached hydrogens (tertiary/aromatic N) is 1. The second-order valence-corrected chi connectivity index (χ2v) is 6.86. The van der Waals surface area contributed by atoms with Gasteiger partial charge in [-0.2, -0.15) is 0 Å². The summed E-state index contributed by atoms with van der Waals surface area (Å²) in [6.45, 7) is 2.50. The van der Waals surface area contributed by atoms with Gasteiger partial charge < -0.3 is 10.1 Å². The van der Waals surface area contributed by atoms with Gasteiger partial charge in [0.2, 0.25) is 5.91 Å². The van der Waals surface area contributed by atoms with Crippen molar-refractivity contribution in [1.29, 1.82) is 0 Å². The fourth-order valence-corrected chi connectivity index (χ4v) is 4.04. The van der Waals surface area contributed by atoms with Crippen LogP contribution in [0.4, 0.5) is 5.69 Å². The molecule has 2 atom stereocenters. The second kappa shape index (κ2) is 6.11. The third kappa shape index (κ3) is 2.66. The molecule has 4 rings (SSSR count). The Kier molecular flexibility index (Phi) is 3.94. The van der Waals surface area contributed by atoms with E-state index < -0.39 is 0 Å². The van der Waals surface area contributed by atoms with E-state index in [0.717, 1.165) is 30.9 Å². The summed E-state index contributed by atoms with van der Waals surface area (Å²) in [6, 6.07) is 14.1. The molecule has 2 aromatic rings. The van der Waals surface area contributed by atoms with Crippen molar-refractivity contribution in [2.24, 2.45) is 5.92 Å². The summed E-state index contributed by atoms with van der Waals surface area (Å²) < 4.78 is 5.35. The first kappa shape index (κ1) is 15.5. The molecule has 5 heteroatoms. The summed E-state index contributed by atoms with van der Waals surface area (Å²) in [6.07, 6.45) is 0. The Balaban J connectivity index is 1.62. The van der Waals surface area contributed by atoms with E-state index in [1.165, 1.54) is 5.56 Å². The minimum absolute atomic E-state index is 0.0212. The first-order valence-electron chi connectivity index (χ1n) is 8.10. The van der Waals surface area contributed by atoms with Crippen molar-refractivity contribution in [1.82, 2.24) is 4.90 Å². The van der Waals surface area contributed by atoms with Crippen molar-refractivity contribution in [3.63, 3.8) is 0 Å². The summed E-state index contributed by atoms with van der Waals surface area (Å²) in [7, 11) is 1.61. The number of likely N-dealkylation sites (tertiary alicyclic amines) is 1. The van der Waals surface area contributed by atoms with Crippen molar-refractivity contribution in [3.05, 3.63) is 58.6 Å². The molecule has 2 heterocycles. The van der Waals surface area contributed by atoms with E-state index in [9.17, 15) is 4.79 Å². The van der Waals surface area contributed by atoms with Crippen molar-refractivity contribution in [2.75, 3.05) is 25.5 Å². The van der Waals surface area contributed by atoms with Gasteiger partial charge in [-0.1, -0.05) is 41.9 Å². The molecular formula is C19H19ClN2O2. The number of rotatable bonds is 3. The Morgan fingerprint density at radius 1 is 1.21 bits per heavy atom. The normalized spacial score (nSPS) is 22.7. The topological polar surface area (TPSA) is 41.6 Å². The largest absolute Gasteiger partial charge is 0.495 e. The molecule has 0 aromatic heterocycles. The maximum absolute atomic E-state index is 12.5. The molecule has 0 spiro atoms. The van der Waals surface area contributed by atoms with E-state index in [-0.39, 0.29) is 17.7 Å².